The van der Waals surface area contributed by atoms with Crippen molar-refractivity contribution >= 4 is 13.8 Å². The zero-order valence-electron chi connectivity index (χ0n) is 32.1. The molecule has 0 aliphatic carbocycles. The van der Waals surface area contributed by atoms with Crippen molar-refractivity contribution in [1.82, 2.24) is 0 Å². The number of unbranched alkanes of at least 4 members (excludes halogenated alkanes) is 19. The molecule has 0 heterocycles. The molecule has 1 unspecified atom stereocenters. The smallest absolute Gasteiger partial charge is 0.472 e. The molecule has 0 radical (unpaired) electrons. The van der Waals surface area contributed by atoms with Gasteiger partial charge < -0.3 is 20.1 Å². The number of esters is 1. The van der Waals surface area contributed by atoms with Crippen molar-refractivity contribution < 1.29 is 32.8 Å². The molecule has 0 amide bonds. The minimum atomic E-state index is -4.29. The van der Waals surface area contributed by atoms with Crippen LogP contribution < -0.4 is 5.73 Å². The number of phosphoric ester groups is 1. The van der Waals surface area contributed by atoms with Crippen LogP contribution in [-0.4, -0.2) is 43.3 Å². The highest BCUT2D eigenvalue weighted by molar-refractivity contribution is 7.47. The van der Waals surface area contributed by atoms with Crippen LogP contribution in [0.3, 0.4) is 0 Å². The van der Waals surface area contributed by atoms with Gasteiger partial charge in [0.1, 0.15) is 6.61 Å². The molecule has 9 heteroatoms. The van der Waals surface area contributed by atoms with Crippen LogP contribution in [0.15, 0.2) is 48.8 Å². The fraction of sp³-hybridized carbons (Fsp3) is 0.780. The zero-order chi connectivity index (χ0) is 36.6. The van der Waals surface area contributed by atoms with Crippen LogP contribution in [-0.2, 0) is 27.9 Å². The topological polar surface area (TPSA) is 117 Å². The lowest BCUT2D eigenvalue weighted by Gasteiger charge is -2.19. The third kappa shape index (κ3) is 37.6. The Kier molecular flexibility index (Phi) is 37.2. The van der Waals surface area contributed by atoms with Gasteiger partial charge in [-0.05, 0) is 83.1 Å². The van der Waals surface area contributed by atoms with E-state index in [1.165, 1.54) is 96.3 Å². The summed E-state index contributed by atoms with van der Waals surface area (Å²) in [5.41, 5.74) is 5.35. The van der Waals surface area contributed by atoms with Gasteiger partial charge in [-0.2, -0.15) is 0 Å². The third-order valence-electron chi connectivity index (χ3n) is 8.28. The van der Waals surface area contributed by atoms with E-state index < -0.39 is 13.9 Å². The van der Waals surface area contributed by atoms with Crippen molar-refractivity contribution in [3.05, 3.63) is 48.8 Å². The first-order chi connectivity index (χ1) is 24.4. The molecule has 8 nitrogen and oxygen atoms in total. The number of allylic oxidation sites excluding steroid dienone is 7. The Morgan fingerprint density at radius 3 is 1.64 bits per heavy atom. The van der Waals surface area contributed by atoms with Crippen LogP contribution in [0.4, 0.5) is 0 Å². The fourth-order valence-electron chi connectivity index (χ4n) is 5.28. The number of ether oxygens (including phenoxy) is 2. The summed E-state index contributed by atoms with van der Waals surface area (Å²) in [7, 11) is -4.29. The second kappa shape index (κ2) is 38.5. The van der Waals surface area contributed by atoms with E-state index in [0.29, 0.717) is 0 Å². The Labute approximate surface area is 307 Å². The molecular formula is C41H76NO7P. The molecule has 0 saturated carbocycles. The van der Waals surface area contributed by atoms with Gasteiger partial charge in [-0.1, -0.05) is 127 Å². The van der Waals surface area contributed by atoms with Crippen LogP contribution in [0.25, 0.3) is 0 Å². The van der Waals surface area contributed by atoms with E-state index >= 15 is 0 Å². The molecule has 0 rings (SSSR count). The van der Waals surface area contributed by atoms with Crippen molar-refractivity contribution in [2.45, 2.75) is 180 Å². The summed E-state index contributed by atoms with van der Waals surface area (Å²) in [4.78, 5) is 22.4. The summed E-state index contributed by atoms with van der Waals surface area (Å²) in [5, 5.41) is 0. The summed E-state index contributed by atoms with van der Waals surface area (Å²) in [6.07, 6.45) is 45.0. The highest BCUT2D eigenvalue weighted by atomic mass is 31.2. The molecule has 0 aliphatic heterocycles. The van der Waals surface area contributed by atoms with Crippen molar-refractivity contribution in [2.24, 2.45) is 5.73 Å². The van der Waals surface area contributed by atoms with Gasteiger partial charge in [0.15, 0.2) is 6.10 Å². The van der Waals surface area contributed by atoms with Gasteiger partial charge in [-0.25, -0.2) is 4.57 Å². The molecule has 0 aromatic carbocycles. The predicted octanol–water partition coefficient (Wildman–Crippen LogP) is 12.0. The number of carbonyl (C=O) groups is 1. The van der Waals surface area contributed by atoms with Gasteiger partial charge in [0.25, 0.3) is 0 Å². The maximum absolute atomic E-state index is 12.5. The number of carbonyl (C=O) groups excluding carboxylic acids is 1. The summed E-state index contributed by atoms with van der Waals surface area (Å²) in [6, 6.07) is 0. The Hall–Kier alpha value is -1.70. The molecule has 0 spiro atoms. The average molecular weight is 726 g/mol. The second-order valence-electron chi connectivity index (χ2n) is 13.2. The fourth-order valence-corrected chi connectivity index (χ4v) is 6.04. The molecule has 3 N–H and O–H groups in total. The molecule has 50 heavy (non-hydrogen) atoms. The number of hydrogen-bond acceptors (Lipinski definition) is 7. The summed E-state index contributed by atoms with van der Waals surface area (Å²) >= 11 is 0. The number of phosphoric acid groups is 1. The van der Waals surface area contributed by atoms with E-state index in [1.807, 2.05) is 6.08 Å². The lowest BCUT2D eigenvalue weighted by molar-refractivity contribution is -0.153. The molecule has 0 aromatic heterocycles. The Bertz CT molecular complexity index is 905. The first-order valence-electron chi connectivity index (χ1n) is 20.2. The number of hydrogen-bond donors (Lipinski definition) is 2. The van der Waals surface area contributed by atoms with E-state index in [-0.39, 0.29) is 38.8 Å². The summed E-state index contributed by atoms with van der Waals surface area (Å²) in [5.74, 6) is -0.369. The normalized spacial score (nSPS) is 14.0. The average Bonchev–Trinajstić information content (AvgIpc) is 3.10. The second-order valence-corrected chi connectivity index (χ2v) is 14.7. The molecule has 292 valence electrons. The molecule has 0 saturated heterocycles. The standard InChI is InChI=1S/C41H76NO7P/c1-3-5-7-9-11-13-15-17-19-21-23-25-27-29-31-33-36-46-38-40(39-48-50(44,45)47-37-35-42)49-41(43)34-32-30-28-26-24-22-20-18-16-14-12-10-8-6-4-2/h12-15,18,20,33,36,40H,3-11,16-17,19,21-32,34-35,37-39,42H2,1-2H3,(H,44,45)/b14-12-,15-13-,20-18-,36-33-/t40-/m1/s1. The Morgan fingerprint density at radius 1 is 0.620 bits per heavy atom. The van der Waals surface area contributed by atoms with Crippen molar-refractivity contribution in [3.63, 3.8) is 0 Å². The van der Waals surface area contributed by atoms with Crippen molar-refractivity contribution in [1.29, 1.82) is 0 Å². The maximum atomic E-state index is 12.5. The molecule has 0 fully saturated rings. The Balaban J connectivity index is 4.16. The van der Waals surface area contributed by atoms with E-state index in [0.717, 1.165) is 57.8 Å². The van der Waals surface area contributed by atoms with E-state index in [9.17, 15) is 14.3 Å². The lowest BCUT2D eigenvalue weighted by Crippen LogP contribution is -2.27. The minimum absolute atomic E-state index is 0.0223. The van der Waals surface area contributed by atoms with E-state index in [2.05, 4.69) is 50.3 Å². The molecule has 0 bridgehead atoms. The zero-order valence-corrected chi connectivity index (χ0v) is 33.0. The van der Waals surface area contributed by atoms with E-state index in [4.69, 9.17) is 24.3 Å². The minimum Gasteiger partial charge on any atom is -0.498 e. The first kappa shape index (κ1) is 48.3. The van der Waals surface area contributed by atoms with Crippen molar-refractivity contribution in [3.8, 4) is 0 Å². The van der Waals surface area contributed by atoms with Gasteiger partial charge in [-0.15, -0.1) is 0 Å². The van der Waals surface area contributed by atoms with Crippen LogP contribution in [0, 0.1) is 0 Å². The highest BCUT2D eigenvalue weighted by Crippen LogP contribution is 2.43. The van der Waals surface area contributed by atoms with Gasteiger partial charge in [0.05, 0.1) is 19.5 Å². The van der Waals surface area contributed by atoms with Crippen LogP contribution in [0.1, 0.15) is 174 Å². The molecule has 2 atom stereocenters. The SMILES string of the molecule is CCCCC/C=C\C/C=C\CCCCCCCC(=O)O[C@H](CO/C=C\CCCCCCCC/C=C\CCCCCC)COP(=O)(O)OCCN. The summed E-state index contributed by atoms with van der Waals surface area (Å²) < 4.78 is 33.1. The largest absolute Gasteiger partial charge is 0.498 e. The van der Waals surface area contributed by atoms with Gasteiger partial charge in [0, 0.05) is 13.0 Å². The van der Waals surface area contributed by atoms with Gasteiger partial charge >= 0.3 is 13.8 Å². The van der Waals surface area contributed by atoms with Gasteiger partial charge in [0.2, 0.25) is 0 Å². The van der Waals surface area contributed by atoms with Crippen LogP contribution in [0.2, 0.25) is 0 Å². The third-order valence-corrected chi connectivity index (χ3v) is 9.27. The first-order valence-corrected chi connectivity index (χ1v) is 21.7. The lowest BCUT2D eigenvalue weighted by atomic mass is 10.1. The molecule has 0 aliphatic rings. The van der Waals surface area contributed by atoms with Crippen LogP contribution in [0.5, 0.6) is 0 Å². The molecular weight excluding hydrogens is 649 g/mol. The summed E-state index contributed by atoms with van der Waals surface area (Å²) in [6.45, 7) is 4.17. The van der Waals surface area contributed by atoms with Crippen molar-refractivity contribution in [2.75, 3.05) is 26.4 Å². The monoisotopic (exact) mass is 726 g/mol. The molecule has 0 aromatic rings. The van der Waals surface area contributed by atoms with Gasteiger partial charge in [-0.3, -0.25) is 13.8 Å². The highest BCUT2D eigenvalue weighted by Gasteiger charge is 2.25. The number of rotatable bonds is 38. The number of nitrogens with two attached hydrogens (primary N) is 1. The van der Waals surface area contributed by atoms with E-state index in [1.54, 1.807) is 6.26 Å². The maximum Gasteiger partial charge on any atom is 0.472 e. The quantitative estimate of drug-likeness (QED) is 0.0212. The Morgan fingerprint density at radius 2 is 1.08 bits per heavy atom. The predicted molar refractivity (Wildman–Crippen MR) is 210 cm³/mol. The van der Waals surface area contributed by atoms with Crippen LogP contribution >= 0.6 is 7.82 Å².